The quantitative estimate of drug-likeness (QED) is 0.186. The van der Waals surface area contributed by atoms with E-state index >= 15 is 0 Å². The molecule has 3 N–H and O–H groups in total. The molecule has 0 spiro atoms. The van der Waals surface area contributed by atoms with Gasteiger partial charge in [0, 0.05) is 13.1 Å². The Hall–Kier alpha value is -2.57. The van der Waals surface area contributed by atoms with Crippen LogP contribution in [-0.4, -0.2) is 48.9 Å². The minimum atomic E-state index is -0.165. The molecule has 0 aliphatic heterocycles. The molecule has 0 fully saturated rings. The van der Waals surface area contributed by atoms with Crippen molar-refractivity contribution in [3.63, 3.8) is 0 Å². The van der Waals surface area contributed by atoms with E-state index in [1.165, 1.54) is 4.90 Å². The Morgan fingerprint density at radius 1 is 1.13 bits per heavy atom. The Kier molecular flexibility index (Phi) is 13.8. The molecule has 0 aromatic heterocycles. The van der Waals surface area contributed by atoms with Crippen molar-refractivity contribution >= 4 is 18.3 Å². The Balaban J connectivity index is 2.30. The van der Waals surface area contributed by atoms with Gasteiger partial charge in [-0.15, -0.1) is 0 Å². The molecule has 2 amide bonds. The van der Waals surface area contributed by atoms with Crippen LogP contribution in [0.3, 0.4) is 0 Å². The summed E-state index contributed by atoms with van der Waals surface area (Å²) >= 11 is 0. The Morgan fingerprint density at radius 2 is 1.80 bits per heavy atom. The second-order valence-electron chi connectivity index (χ2n) is 7.38. The lowest BCUT2D eigenvalue weighted by atomic mass is 10.0. The topological polar surface area (TPSA) is 97.0 Å². The highest BCUT2D eigenvalue weighted by Gasteiger charge is 2.11. The summed E-state index contributed by atoms with van der Waals surface area (Å²) in [5.74, 6) is 0.796. The molecule has 0 aliphatic carbocycles. The second-order valence-corrected chi connectivity index (χ2v) is 7.38. The Labute approximate surface area is 181 Å². The van der Waals surface area contributed by atoms with Crippen LogP contribution in [0, 0.1) is 0 Å². The van der Waals surface area contributed by atoms with Gasteiger partial charge in [-0.2, -0.15) is 0 Å². The number of hydrogen-bond donors (Lipinski definition) is 2. The number of amides is 2. The number of hydrogen-bond acceptors (Lipinski definition) is 4. The number of carbonyl (C=O) groups is 2. The summed E-state index contributed by atoms with van der Waals surface area (Å²) in [6.07, 6.45) is 8.67. The molecule has 0 heterocycles. The van der Waals surface area contributed by atoms with Gasteiger partial charge in [-0.3, -0.25) is 14.5 Å². The first-order valence-corrected chi connectivity index (χ1v) is 11.1. The molecule has 0 atom stereocenters. The first-order valence-electron chi connectivity index (χ1n) is 11.1. The molecule has 7 nitrogen and oxygen atoms in total. The fraction of sp³-hybridized carbons (Fsp3) is 0.609. The van der Waals surface area contributed by atoms with E-state index in [9.17, 15) is 9.59 Å². The zero-order valence-electron chi connectivity index (χ0n) is 18.5. The fourth-order valence-corrected chi connectivity index (χ4v) is 2.99. The Morgan fingerprint density at radius 3 is 2.40 bits per heavy atom. The number of nitrogens with zero attached hydrogens (tertiary/aromatic N) is 2. The van der Waals surface area contributed by atoms with Crippen molar-refractivity contribution in [2.75, 3.05) is 19.7 Å². The summed E-state index contributed by atoms with van der Waals surface area (Å²) in [4.78, 5) is 29.3. The van der Waals surface area contributed by atoms with Crippen molar-refractivity contribution in [2.45, 2.75) is 71.3 Å². The molecule has 0 saturated heterocycles. The van der Waals surface area contributed by atoms with Crippen LogP contribution in [0.5, 0.6) is 5.75 Å². The highest BCUT2D eigenvalue weighted by atomic mass is 16.5. The molecule has 0 aliphatic rings. The van der Waals surface area contributed by atoms with E-state index in [1.807, 2.05) is 30.3 Å². The van der Waals surface area contributed by atoms with Gasteiger partial charge >= 0.3 is 0 Å². The van der Waals surface area contributed by atoms with Crippen LogP contribution in [0.2, 0.25) is 0 Å². The lowest BCUT2D eigenvalue weighted by Crippen LogP contribution is -2.38. The average Bonchev–Trinajstić information content (AvgIpc) is 2.77. The number of aliphatic imine (C=N–C) groups is 1. The number of rotatable bonds is 16. The maximum atomic E-state index is 11.8. The number of benzene rings is 1. The van der Waals surface area contributed by atoms with Gasteiger partial charge in [-0.05, 0) is 37.8 Å². The molecule has 0 unspecified atom stereocenters. The number of para-hydroxylation sites is 1. The zero-order chi connectivity index (χ0) is 22.0. The van der Waals surface area contributed by atoms with Gasteiger partial charge in [-0.25, -0.2) is 4.99 Å². The van der Waals surface area contributed by atoms with Crippen LogP contribution in [0.15, 0.2) is 35.3 Å². The smallest absolute Gasteiger partial charge is 0.257 e. The molecule has 1 aromatic carbocycles. The third-order valence-electron chi connectivity index (χ3n) is 4.78. The van der Waals surface area contributed by atoms with E-state index in [-0.39, 0.29) is 18.6 Å². The summed E-state index contributed by atoms with van der Waals surface area (Å²) in [6, 6.07) is 9.40. The van der Waals surface area contributed by atoms with Gasteiger partial charge in [-0.1, -0.05) is 57.7 Å². The maximum Gasteiger partial charge on any atom is 0.257 e. The summed E-state index contributed by atoms with van der Waals surface area (Å²) < 4.78 is 5.41. The molecule has 0 radical (unpaired) electrons. The SMILES string of the molecule is CCCCC(CCCC)N=C(N)N(C=O)CCCCNC(=O)COc1ccccc1. The number of carbonyl (C=O) groups excluding carboxylic acids is 2. The van der Waals surface area contributed by atoms with Gasteiger partial charge < -0.3 is 15.8 Å². The molecule has 1 rings (SSSR count). The van der Waals surface area contributed by atoms with Gasteiger partial charge in [0.2, 0.25) is 6.41 Å². The van der Waals surface area contributed by atoms with E-state index in [4.69, 9.17) is 10.5 Å². The predicted octanol–water partition coefficient (Wildman–Crippen LogP) is 3.48. The zero-order valence-corrected chi connectivity index (χ0v) is 18.5. The van der Waals surface area contributed by atoms with Crippen LogP contribution in [-0.2, 0) is 9.59 Å². The maximum absolute atomic E-state index is 11.8. The van der Waals surface area contributed by atoms with Gasteiger partial charge in [0.1, 0.15) is 5.75 Å². The highest BCUT2D eigenvalue weighted by Crippen LogP contribution is 2.13. The summed E-state index contributed by atoms with van der Waals surface area (Å²) in [6.45, 7) is 5.32. The van der Waals surface area contributed by atoms with E-state index in [1.54, 1.807) is 0 Å². The summed E-state index contributed by atoms with van der Waals surface area (Å²) in [7, 11) is 0. The molecule has 0 saturated carbocycles. The van der Waals surface area contributed by atoms with Crippen molar-refractivity contribution in [1.82, 2.24) is 10.2 Å². The lowest BCUT2D eigenvalue weighted by Gasteiger charge is -2.19. The van der Waals surface area contributed by atoms with Crippen LogP contribution in [0.25, 0.3) is 0 Å². The number of unbranched alkanes of at least 4 members (excludes halogenated alkanes) is 3. The van der Waals surface area contributed by atoms with Crippen LogP contribution in [0.1, 0.15) is 65.2 Å². The van der Waals surface area contributed by atoms with Gasteiger partial charge in [0.15, 0.2) is 12.6 Å². The minimum Gasteiger partial charge on any atom is -0.484 e. The van der Waals surface area contributed by atoms with Gasteiger partial charge in [0.25, 0.3) is 5.91 Å². The van der Waals surface area contributed by atoms with Crippen LogP contribution in [0.4, 0.5) is 0 Å². The second kappa shape index (κ2) is 16.3. The normalized spacial score (nSPS) is 11.4. The van der Waals surface area contributed by atoms with Crippen LogP contribution >= 0.6 is 0 Å². The first kappa shape index (κ1) is 25.5. The largest absolute Gasteiger partial charge is 0.484 e. The van der Waals surface area contributed by atoms with E-state index < -0.39 is 0 Å². The van der Waals surface area contributed by atoms with Crippen LogP contribution < -0.4 is 15.8 Å². The van der Waals surface area contributed by atoms with Gasteiger partial charge in [0.05, 0.1) is 6.04 Å². The summed E-state index contributed by atoms with van der Waals surface area (Å²) in [5, 5.41) is 2.82. The molecule has 1 aromatic rings. The number of nitrogens with two attached hydrogens (primary N) is 1. The van der Waals surface area contributed by atoms with E-state index in [0.717, 1.165) is 57.8 Å². The standard InChI is InChI=1S/C23H38N4O3/c1-3-5-12-20(13-6-4-2)26-23(24)27(19-28)17-11-10-16-25-22(29)18-30-21-14-8-7-9-15-21/h7-9,14-15,19-20H,3-6,10-13,16-18H2,1-2H3,(H2,24,26)(H,25,29). The average molecular weight is 419 g/mol. The molecular weight excluding hydrogens is 380 g/mol. The highest BCUT2D eigenvalue weighted by molar-refractivity contribution is 5.87. The fourth-order valence-electron chi connectivity index (χ4n) is 2.99. The van der Waals surface area contributed by atoms with E-state index in [0.29, 0.717) is 24.8 Å². The Bertz CT molecular complexity index is 614. The monoisotopic (exact) mass is 418 g/mol. The molecule has 7 heteroatoms. The molecular formula is C23H38N4O3. The summed E-state index contributed by atoms with van der Waals surface area (Å²) in [5.41, 5.74) is 6.09. The molecule has 30 heavy (non-hydrogen) atoms. The third kappa shape index (κ3) is 11.4. The van der Waals surface area contributed by atoms with Crippen molar-refractivity contribution < 1.29 is 14.3 Å². The lowest BCUT2D eigenvalue weighted by molar-refractivity contribution is -0.123. The molecule has 168 valence electrons. The predicted molar refractivity (Wildman–Crippen MR) is 121 cm³/mol. The number of nitrogens with one attached hydrogen (secondary N) is 1. The van der Waals surface area contributed by atoms with Crippen molar-refractivity contribution in [2.24, 2.45) is 10.7 Å². The van der Waals surface area contributed by atoms with Crippen molar-refractivity contribution in [3.05, 3.63) is 30.3 Å². The van der Waals surface area contributed by atoms with E-state index in [2.05, 4.69) is 24.2 Å². The number of ether oxygens (including phenoxy) is 1. The van der Waals surface area contributed by atoms with Crippen molar-refractivity contribution in [3.8, 4) is 5.75 Å². The van der Waals surface area contributed by atoms with Crippen molar-refractivity contribution in [1.29, 1.82) is 0 Å². The minimum absolute atomic E-state index is 0.0129. The number of guanidine groups is 1. The molecule has 0 bridgehead atoms. The first-order chi connectivity index (χ1) is 14.6. The third-order valence-corrected chi connectivity index (χ3v) is 4.78.